The molecule has 0 heterocycles. The molecule has 0 aliphatic rings. The maximum Gasteiger partial charge on any atom is 0.411 e. The molecule has 1 amide bonds. The Bertz CT molecular complexity index is 445. The number of hydrogen-bond donors (Lipinski definition) is 1. The largest absolute Gasteiger partial charge is 0.494 e. The minimum Gasteiger partial charge on any atom is -0.494 e. The van der Waals surface area contributed by atoms with Gasteiger partial charge in [0, 0.05) is 19.3 Å². The summed E-state index contributed by atoms with van der Waals surface area (Å²) in [5, 5.41) is 8.87. The van der Waals surface area contributed by atoms with Crippen LogP contribution in [0.25, 0.3) is 0 Å². The average molecular weight is 292 g/mol. The number of ether oxygens (including phenoxy) is 1. The molecule has 1 aromatic carbocycles. The summed E-state index contributed by atoms with van der Waals surface area (Å²) >= 11 is 0. The monoisotopic (exact) mass is 292 g/mol. The molecule has 1 N–H and O–H groups in total. The minimum absolute atomic E-state index is 0.626. The van der Waals surface area contributed by atoms with Gasteiger partial charge in [0.2, 0.25) is 0 Å². The van der Waals surface area contributed by atoms with E-state index in [1.165, 1.54) is 11.9 Å². The van der Waals surface area contributed by atoms with Crippen LogP contribution in [0.15, 0.2) is 36.9 Å². The van der Waals surface area contributed by atoms with Crippen LogP contribution in [0.1, 0.15) is 12.8 Å². The molecule has 0 radical (unpaired) electrons. The van der Waals surface area contributed by atoms with E-state index < -0.39 is 6.09 Å². The van der Waals surface area contributed by atoms with Crippen molar-refractivity contribution in [3.63, 3.8) is 0 Å². The van der Waals surface area contributed by atoms with Crippen molar-refractivity contribution in [3.8, 4) is 5.75 Å². The third kappa shape index (κ3) is 6.31. The van der Waals surface area contributed by atoms with Crippen LogP contribution in [0.5, 0.6) is 5.75 Å². The fraction of sp³-hybridized carbons (Fsp3) is 0.438. The Morgan fingerprint density at radius 1 is 1.29 bits per heavy atom. The van der Waals surface area contributed by atoms with Crippen LogP contribution in [0.4, 0.5) is 10.5 Å². The third-order valence-corrected chi connectivity index (χ3v) is 3.15. The van der Waals surface area contributed by atoms with Crippen molar-refractivity contribution in [1.29, 1.82) is 0 Å². The Morgan fingerprint density at radius 3 is 2.52 bits per heavy atom. The second kappa shape index (κ2) is 9.02. The first-order valence-corrected chi connectivity index (χ1v) is 7.03. The summed E-state index contributed by atoms with van der Waals surface area (Å²) in [5.74, 6) is 0.761. The number of rotatable bonds is 9. The van der Waals surface area contributed by atoms with Crippen molar-refractivity contribution in [2.45, 2.75) is 12.8 Å². The molecule has 0 unspecified atom stereocenters. The lowest BCUT2D eigenvalue weighted by Gasteiger charge is -2.15. The van der Waals surface area contributed by atoms with Gasteiger partial charge in [0.15, 0.2) is 0 Å². The van der Waals surface area contributed by atoms with Gasteiger partial charge < -0.3 is 14.7 Å². The van der Waals surface area contributed by atoms with Gasteiger partial charge in [-0.3, -0.25) is 4.90 Å². The van der Waals surface area contributed by atoms with Gasteiger partial charge in [-0.1, -0.05) is 6.08 Å². The van der Waals surface area contributed by atoms with Crippen LogP contribution in [-0.2, 0) is 0 Å². The molecule has 0 spiro atoms. The maximum atomic E-state index is 10.8. The molecule has 5 nitrogen and oxygen atoms in total. The summed E-state index contributed by atoms with van der Waals surface area (Å²) in [7, 11) is 3.58. The normalized spacial score (nSPS) is 10.4. The van der Waals surface area contributed by atoms with Crippen molar-refractivity contribution < 1.29 is 14.6 Å². The third-order valence-electron chi connectivity index (χ3n) is 3.15. The lowest BCUT2D eigenvalue weighted by atomic mass is 10.3. The maximum absolute atomic E-state index is 10.8. The number of amides is 1. The van der Waals surface area contributed by atoms with Crippen molar-refractivity contribution in [3.05, 3.63) is 36.9 Å². The molecule has 0 aliphatic heterocycles. The smallest absolute Gasteiger partial charge is 0.411 e. The average Bonchev–Trinajstić information content (AvgIpc) is 2.47. The van der Waals surface area contributed by atoms with E-state index in [1.807, 2.05) is 6.08 Å². The molecule has 1 aromatic rings. The highest BCUT2D eigenvalue weighted by Gasteiger charge is 2.07. The first-order chi connectivity index (χ1) is 10.0. The Morgan fingerprint density at radius 2 is 1.95 bits per heavy atom. The SMILES string of the molecule is C=CCN(C)CCCCOc1ccc(N(C)C(=O)O)cc1. The molecular formula is C16H24N2O3. The van der Waals surface area contributed by atoms with Crippen molar-refractivity contribution >= 4 is 11.8 Å². The number of unbranched alkanes of at least 4 members (excludes halogenated alkanes) is 1. The lowest BCUT2D eigenvalue weighted by Crippen LogP contribution is -2.23. The predicted molar refractivity (Wildman–Crippen MR) is 85.3 cm³/mol. The van der Waals surface area contributed by atoms with Crippen molar-refractivity contribution in [2.75, 3.05) is 38.7 Å². The van der Waals surface area contributed by atoms with E-state index in [0.29, 0.717) is 12.3 Å². The first kappa shape index (κ1) is 17.0. The molecule has 0 atom stereocenters. The van der Waals surface area contributed by atoms with E-state index in [2.05, 4.69) is 18.5 Å². The van der Waals surface area contributed by atoms with Crippen LogP contribution >= 0.6 is 0 Å². The zero-order valence-corrected chi connectivity index (χ0v) is 12.8. The number of likely N-dealkylation sites (N-methyl/N-ethyl adjacent to an activating group) is 1. The van der Waals surface area contributed by atoms with Gasteiger partial charge in [0.25, 0.3) is 0 Å². The van der Waals surface area contributed by atoms with Gasteiger partial charge >= 0.3 is 6.09 Å². The summed E-state index contributed by atoms with van der Waals surface area (Å²) in [4.78, 5) is 14.2. The quantitative estimate of drug-likeness (QED) is 0.561. The summed E-state index contributed by atoms with van der Waals surface area (Å²) in [6, 6.07) is 7.06. The van der Waals surface area contributed by atoms with Gasteiger partial charge in [-0.25, -0.2) is 4.79 Å². The molecule has 116 valence electrons. The molecule has 0 aliphatic carbocycles. The van der Waals surface area contributed by atoms with Gasteiger partial charge in [-0.15, -0.1) is 6.58 Å². The number of hydrogen-bond acceptors (Lipinski definition) is 3. The number of carboxylic acid groups (broad SMARTS) is 1. The second-order valence-corrected chi connectivity index (χ2v) is 4.94. The van der Waals surface area contributed by atoms with Gasteiger partial charge in [-0.05, 0) is 50.7 Å². The van der Waals surface area contributed by atoms with Crippen LogP contribution in [0.3, 0.4) is 0 Å². The number of carbonyl (C=O) groups is 1. The molecule has 21 heavy (non-hydrogen) atoms. The summed E-state index contributed by atoms with van der Waals surface area (Å²) in [6.07, 6.45) is 2.97. The fourth-order valence-corrected chi connectivity index (χ4v) is 1.86. The molecule has 0 bridgehead atoms. The molecule has 0 saturated heterocycles. The van der Waals surface area contributed by atoms with Crippen molar-refractivity contribution in [2.24, 2.45) is 0 Å². The molecule has 5 heteroatoms. The zero-order chi connectivity index (χ0) is 15.7. The zero-order valence-electron chi connectivity index (χ0n) is 12.8. The van der Waals surface area contributed by atoms with E-state index in [9.17, 15) is 4.79 Å². The van der Waals surface area contributed by atoms with Crippen LogP contribution < -0.4 is 9.64 Å². The van der Waals surface area contributed by atoms with Crippen molar-refractivity contribution in [1.82, 2.24) is 4.90 Å². The van der Waals surface area contributed by atoms with E-state index in [1.54, 1.807) is 24.3 Å². The molecule has 1 rings (SSSR count). The Kier molecular flexibility index (Phi) is 7.32. The summed E-state index contributed by atoms with van der Waals surface area (Å²) < 4.78 is 5.64. The van der Waals surface area contributed by atoms with Gasteiger partial charge in [0.05, 0.1) is 6.61 Å². The highest BCUT2D eigenvalue weighted by atomic mass is 16.5. The number of anilines is 1. The van der Waals surface area contributed by atoms with E-state index in [4.69, 9.17) is 9.84 Å². The predicted octanol–water partition coefficient (Wildman–Crippen LogP) is 3.08. The Hall–Kier alpha value is -2.01. The Labute approximate surface area is 126 Å². The first-order valence-electron chi connectivity index (χ1n) is 7.03. The molecular weight excluding hydrogens is 268 g/mol. The number of benzene rings is 1. The van der Waals surface area contributed by atoms with Crippen LogP contribution in [-0.4, -0.2) is 49.9 Å². The summed E-state index contributed by atoms with van der Waals surface area (Å²) in [5.41, 5.74) is 0.626. The van der Waals surface area contributed by atoms with Gasteiger partial charge in [-0.2, -0.15) is 0 Å². The molecule has 0 aromatic heterocycles. The fourth-order valence-electron chi connectivity index (χ4n) is 1.86. The molecule has 0 fully saturated rings. The number of nitrogens with zero attached hydrogens (tertiary/aromatic N) is 2. The highest BCUT2D eigenvalue weighted by molar-refractivity contribution is 5.85. The van der Waals surface area contributed by atoms with Crippen LogP contribution in [0, 0.1) is 0 Å². The van der Waals surface area contributed by atoms with E-state index >= 15 is 0 Å². The van der Waals surface area contributed by atoms with E-state index in [-0.39, 0.29) is 0 Å². The minimum atomic E-state index is -0.979. The highest BCUT2D eigenvalue weighted by Crippen LogP contribution is 2.18. The summed E-state index contributed by atoms with van der Waals surface area (Å²) in [6.45, 7) is 6.30. The lowest BCUT2D eigenvalue weighted by molar-refractivity contribution is 0.203. The molecule has 0 saturated carbocycles. The van der Waals surface area contributed by atoms with Crippen LogP contribution in [0.2, 0.25) is 0 Å². The standard InChI is InChI=1S/C16H24N2O3/c1-4-11-17(2)12-5-6-13-21-15-9-7-14(8-10-15)18(3)16(19)20/h4,7-10H,1,5-6,11-13H2,2-3H3,(H,19,20). The van der Waals surface area contributed by atoms with Gasteiger partial charge in [0.1, 0.15) is 5.75 Å². The topological polar surface area (TPSA) is 53.0 Å². The second-order valence-electron chi connectivity index (χ2n) is 4.94. The van der Waals surface area contributed by atoms with E-state index in [0.717, 1.165) is 31.7 Å². The Balaban J connectivity index is 2.27.